The largest absolute Gasteiger partial charge is 0.468 e. The van der Waals surface area contributed by atoms with E-state index in [9.17, 15) is 22.8 Å². The van der Waals surface area contributed by atoms with Crippen molar-refractivity contribution >= 4 is 43.7 Å². The summed E-state index contributed by atoms with van der Waals surface area (Å²) in [6.07, 6.45) is -4.54. The van der Waals surface area contributed by atoms with E-state index >= 15 is 0 Å². The Morgan fingerprint density at radius 3 is 2.52 bits per heavy atom. The second-order valence-corrected chi connectivity index (χ2v) is 5.85. The molecule has 0 saturated heterocycles. The van der Waals surface area contributed by atoms with Gasteiger partial charge < -0.3 is 10.1 Å². The van der Waals surface area contributed by atoms with Gasteiger partial charge >= 0.3 is 12.1 Å². The van der Waals surface area contributed by atoms with E-state index in [0.29, 0.717) is 0 Å². The second kappa shape index (κ2) is 7.26. The number of halogens is 5. The lowest BCUT2D eigenvalue weighted by atomic mass is 10.1. The Hall–Kier alpha value is -1.09. The van der Waals surface area contributed by atoms with E-state index in [1.807, 2.05) is 0 Å². The summed E-state index contributed by atoms with van der Waals surface area (Å²) in [6, 6.07) is 2.74. The molecule has 1 rings (SSSR count). The van der Waals surface area contributed by atoms with Gasteiger partial charge in [0.1, 0.15) is 4.83 Å². The molecule has 0 aromatic heterocycles. The molecule has 0 heterocycles. The third-order valence-corrected chi connectivity index (χ3v) is 3.83. The van der Waals surface area contributed by atoms with E-state index in [0.717, 1.165) is 18.2 Å². The van der Waals surface area contributed by atoms with Crippen LogP contribution in [-0.4, -0.2) is 30.4 Å². The summed E-state index contributed by atoms with van der Waals surface area (Å²) >= 11 is 6.00. The number of hydrogen-bond acceptors (Lipinski definition) is 3. The van der Waals surface area contributed by atoms with Gasteiger partial charge in [0.15, 0.2) is 0 Å². The fourth-order valence-corrected chi connectivity index (χ4v) is 2.14. The number of carbonyl (C=O) groups excluding carboxylic acids is 2. The first-order chi connectivity index (χ1) is 9.66. The molecular formula is C12H10Br2F3NO3. The Morgan fingerprint density at radius 1 is 1.38 bits per heavy atom. The van der Waals surface area contributed by atoms with Crippen LogP contribution in [0.3, 0.4) is 0 Å². The van der Waals surface area contributed by atoms with Crippen LogP contribution in [0.15, 0.2) is 22.7 Å². The molecule has 1 unspecified atom stereocenters. The third-order valence-electron chi connectivity index (χ3n) is 2.44. The van der Waals surface area contributed by atoms with Gasteiger partial charge in [-0.2, -0.15) is 13.2 Å². The molecule has 1 N–H and O–H groups in total. The minimum absolute atomic E-state index is 0.117. The van der Waals surface area contributed by atoms with Crippen LogP contribution < -0.4 is 5.32 Å². The molecule has 116 valence electrons. The molecule has 0 fully saturated rings. The monoisotopic (exact) mass is 431 g/mol. The summed E-state index contributed by atoms with van der Waals surface area (Å²) in [5.74, 6) is -1.33. The van der Waals surface area contributed by atoms with Crippen LogP contribution in [0, 0.1) is 0 Å². The first-order valence-electron chi connectivity index (χ1n) is 5.53. The molecule has 0 bridgehead atoms. The number of carbonyl (C=O) groups is 2. The zero-order valence-corrected chi connectivity index (χ0v) is 13.8. The van der Waals surface area contributed by atoms with Crippen molar-refractivity contribution in [1.29, 1.82) is 0 Å². The van der Waals surface area contributed by atoms with E-state index < -0.39 is 28.4 Å². The normalized spacial score (nSPS) is 12.7. The summed E-state index contributed by atoms with van der Waals surface area (Å²) in [6.45, 7) is -0.117. The van der Waals surface area contributed by atoms with E-state index in [2.05, 4.69) is 41.9 Å². The number of nitrogens with one attached hydrogen (secondary N) is 1. The Labute approximate surface area is 135 Å². The highest BCUT2D eigenvalue weighted by molar-refractivity contribution is 9.10. The standard InChI is InChI=1S/C12H10Br2F3NO3/c1-21-11(20)9(14)5-18-10(19)7-4-6(12(15,16)17)2-3-8(7)13/h2-4,9H,5H2,1H3,(H,18,19). The second-order valence-electron chi connectivity index (χ2n) is 3.89. The van der Waals surface area contributed by atoms with Crippen molar-refractivity contribution in [3.05, 3.63) is 33.8 Å². The molecule has 1 aromatic carbocycles. The molecule has 0 saturated carbocycles. The van der Waals surface area contributed by atoms with Gasteiger partial charge in [0.2, 0.25) is 0 Å². The summed E-state index contributed by atoms with van der Waals surface area (Å²) < 4.78 is 42.5. The number of alkyl halides is 4. The molecule has 4 nitrogen and oxygen atoms in total. The van der Waals surface area contributed by atoms with Crippen LogP contribution in [0.2, 0.25) is 0 Å². The summed E-state index contributed by atoms with van der Waals surface area (Å²) in [5.41, 5.74) is -1.10. The number of methoxy groups -OCH3 is 1. The van der Waals surface area contributed by atoms with Crippen LogP contribution >= 0.6 is 31.9 Å². The number of benzene rings is 1. The van der Waals surface area contributed by atoms with E-state index in [1.165, 1.54) is 7.11 Å². The van der Waals surface area contributed by atoms with Gasteiger partial charge in [0, 0.05) is 11.0 Å². The van der Waals surface area contributed by atoms with Gasteiger partial charge in [-0.05, 0) is 34.1 Å². The molecule has 21 heavy (non-hydrogen) atoms. The van der Waals surface area contributed by atoms with E-state index in [-0.39, 0.29) is 16.6 Å². The van der Waals surface area contributed by atoms with Crippen LogP contribution in [-0.2, 0) is 15.7 Å². The summed E-state index contributed by atoms with van der Waals surface area (Å²) in [4.78, 5) is 22.2. The first-order valence-corrected chi connectivity index (χ1v) is 7.24. The van der Waals surface area contributed by atoms with E-state index in [1.54, 1.807) is 0 Å². The van der Waals surface area contributed by atoms with Crippen molar-refractivity contribution in [3.63, 3.8) is 0 Å². The van der Waals surface area contributed by atoms with Crippen molar-refractivity contribution in [2.45, 2.75) is 11.0 Å². The van der Waals surface area contributed by atoms with Crippen LogP contribution in [0.4, 0.5) is 13.2 Å². The minimum atomic E-state index is -4.54. The molecule has 1 amide bonds. The average molecular weight is 433 g/mol. The fourth-order valence-electron chi connectivity index (χ4n) is 1.36. The molecule has 1 aromatic rings. The van der Waals surface area contributed by atoms with Crippen molar-refractivity contribution in [1.82, 2.24) is 5.32 Å². The van der Waals surface area contributed by atoms with Gasteiger partial charge in [-0.15, -0.1) is 0 Å². The molecule has 0 spiro atoms. The van der Waals surface area contributed by atoms with Crippen molar-refractivity contribution < 1.29 is 27.5 Å². The highest BCUT2D eigenvalue weighted by Crippen LogP contribution is 2.31. The molecule has 0 radical (unpaired) electrons. The highest BCUT2D eigenvalue weighted by Gasteiger charge is 2.31. The van der Waals surface area contributed by atoms with Gasteiger partial charge in [-0.1, -0.05) is 15.9 Å². The summed E-state index contributed by atoms with van der Waals surface area (Å²) in [5, 5.41) is 2.35. The Kier molecular flexibility index (Phi) is 6.21. The van der Waals surface area contributed by atoms with Gasteiger partial charge in [-0.3, -0.25) is 9.59 Å². The SMILES string of the molecule is COC(=O)C(Br)CNC(=O)c1cc(C(F)(F)F)ccc1Br. The number of esters is 1. The predicted molar refractivity (Wildman–Crippen MR) is 76.2 cm³/mol. The predicted octanol–water partition coefficient (Wildman–Crippen LogP) is 3.13. The Morgan fingerprint density at radius 2 is 2.00 bits per heavy atom. The van der Waals surface area contributed by atoms with Gasteiger partial charge in [0.25, 0.3) is 5.91 Å². The maximum absolute atomic E-state index is 12.6. The van der Waals surface area contributed by atoms with Crippen molar-refractivity contribution in [3.8, 4) is 0 Å². The third kappa shape index (κ3) is 4.99. The number of amides is 1. The molecule has 1 atom stereocenters. The van der Waals surface area contributed by atoms with Gasteiger partial charge in [-0.25, -0.2) is 0 Å². The lowest BCUT2D eigenvalue weighted by Gasteiger charge is -2.12. The maximum Gasteiger partial charge on any atom is 0.416 e. The van der Waals surface area contributed by atoms with Crippen LogP contribution in [0.5, 0.6) is 0 Å². The minimum Gasteiger partial charge on any atom is -0.468 e. The lowest BCUT2D eigenvalue weighted by Crippen LogP contribution is -2.34. The number of rotatable bonds is 4. The van der Waals surface area contributed by atoms with Crippen LogP contribution in [0.1, 0.15) is 15.9 Å². The zero-order valence-electron chi connectivity index (χ0n) is 10.6. The Balaban J connectivity index is 2.85. The average Bonchev–Trinajstić information content (AvgIpc) is 2.42. The highest BCUT2D eigenvalue weighted by atomic mass is 79.9. The number of hydrogen-bond donors (Lipinski definition) is 1. The Bertz CT molecular complexity index is 549. The first kappa shape index (κ1) is 18.0. The summed E-state index contributed by atoms with van der Waals surface area (Å²) in [7, 11) is 1.18. The smallest absolute Gasteiger partial charge is 0.416 e. The lowest BCUT2D eigenvalue weighted by molar-refractivity contribution is -0.139. The van der Waals surface area contributed by atoms with Crippen LogP contribution in [0.25, 0.3) is 0 Å². The molecule has 0 aliphatic rings. The van der Waals surface area contributed by atoms with Crippen molar-refractivity contribution in [2.24, 2.45) is 0 Å². The topological polar surface area (TPSA) is 55.4 Å². The fraction of sp³-hybridized carbons (Fsp3) is 0.333. The quantitative estimate of drug-likeness (QED) is 0.587. The van der Waals surface area contributed by atoms with Gasteiger partial charge in [0.05, 0.1) is 18.2 Å². The van der Waals surface area contributed by atoms with Crippen molar-refractivity contribution in [2.75, 3.05) is 13.7 Å². The molecule has 0 aliphatic carbocycles. The zero-order chi connectivity index (χ0) is 16.2. The molecular weight excluding hydrogens is 423 g/mol. The molecule has 9 heteroatoms. The number of ether oxygens (including phenoxy) is 1. The maximum atomic E-state index is 12.6. The van der Waals surface area contributed by atoms with E-state index in [4.69, 9.17) is 0 Å². The molecule has 0 aliphatic heterocycles.